The molecule has 0 spiro atoms. The number of halogens is 3. The molecule has 0 saturated carbocycles. The van der Waals surface area contributed by atoms with Crippen molar-refractivity contribution < 1.29 is 13.2 Å². The zero-order valence-corrected chi connectivity index (χ0v) is 15.9. The summed E-state index contributed by atoms with van der Waals surface area (Å²) in [4.78, 5) is 21.3. The van der Waals surface area contributed by atoms with Crippen LogP contribution in [-0.4, -0.2) is 35.2 Å². The Bertz CT molecular complexity index is 1490. The van der Waals surface area contributed by atoms with Crippen molar-refractivity contribution >= 4 is 33.5 Å². The summed E-state index contributed by atoms with van der Waals surface area (Å²) < 4.78 is 33.2. The van der Waals surface area contributed by atoms with E-state index in [4.69, 9.17) is 16.0 Å². The number of H-pyrrole nitrogens is 1. The summed E-state index contributed by atoms with van der Waals surface area (Å²) in [5, 5.41) is 14.5. The van der Waals surface area contributed by atoms with Crippen molar-refractivity contribution in [3.63, 3.8) is 0 Å². The minimum Gasteiger partial charge on any atom is -0.401 e. The van der Waals surface area contributed by atoms with Crippen molar-refractivity contribution in [3.8, 4) is 17.4 Å². The molecule has 0 bridgehead atoms. The van der Waals surface area contributed by atoms with Crippen molar-refractivity contribution in [2.45, 2.75) is 13.3 Å². The van der Waals surface area contributed by atoms with Crippen molar-refractivity contribution in [1.29, 1.82) is 0 Å². The zero-order valence-electron chi connectivity index (χ0n) is 15.1. The molecule has 0 aliphatic heterocycles. The fourth-order valence-corrected chi connectivity index (χ4v) is 3.38. The molecule has 12 heteroatoms. The molecular weight excluding hydrogens is 420 g/mol. The van der Waals surface area contributed by atoms with Gasteiger partial charge >= 0.3 is 5.63 Å². The number of fused-ring (bicyclic) bond motifs is 3. The Labute approximate surface area is 170 Å². The number of aromatic amines is 1. The van der Waals surface area contributed by atoms with Crippen molar-refractivity contribution in [2.75, 3.05) is 0 Å². The highest BCUT2D eigenvalue weighted by Crippen LogP contribution is 2.30. The second-order valence-electron chi connectivity index (χ2n) is 6.41. The van der Waals surface area contributed by atoms with Crippen LogP contribution in [0.2, 0.25) is 5.02 Å². The van der Waals surface area contributed by atoms with Gasteiger partial charge in [0.15, 0.2) is 5.82 Å². The summed E-state index contributed by atoms with van der Waals surface area (Å²) in [6.07, 6.45) is -1.43. The molecule has 5 aromatic rings. The largest absolute Gasteiger partial charge is 0.401 e. The second kappa shape index (κ2) is 6.66. The van der Waals surface area contributed by atoms with Gasteiger partial charge in [0.25, 0.3) is 6.43 Å². The molecule has 0 radical (unpaired) electrons. The molecule has 5 rings (SSSR count). The molecule has 0 saturated heterocycles. The van der Waals surface area contributed by atoms with E-state index in [1.165, 1.54) is 12.3 Å². The zero-order chi connectivity index (χ0) is 21.0. The number of hydrogen-bond donors (Lipinski definition) is 1. The van der Waals surface area contributed by atoms with Crippen LogP contribution >= 0.6 is 11.6 Å². The highest BCUT2D eigenvalue weighted by Gasteiger charge is 2.24. The maximum atomic E-state index is 13.4. The van der Waals surface area contributed by atoms with E-state index in [-0.39, 0.29) is 27.8 Å². The third-order valence-corrected chi connectivity index (χ3v) is 4.80. The molecule has 9 nitrogen and oxygen atoms in total. The van der Waals surface area contributed by atoms with Crippen LogP contribution < -0.4 is 5.63 Å². The van der Waals surface area contributed by atoms with E-state index in [9.17, 15) is 13.6 Å². The summed E-state index contributed by atoms with van der Waals surface area (Å²) in [6, 6.07) is 5.91. The molecule has 150 valence electrons. The van der Waals surface area contributed by atoms with Crippen LogP contribution in [0.5, 0.6) is 0 Å². The third kappa shape index (κ3) is 2.74. The smallest absolute Gasteiger partial charge is 0.349 e. The molecule has 0 atom stereocenters. The number of nitrogens with one attached hydrogen (secondary N) is 1. The maximum absolute atomic E-state index is 13.4. The van der Waals surface area contributed by atoms with Crippen LogP contribution in [-0.2, 0) is 0 Å². The second-order valence-corrected chi connectivity index (χ2v) is 6.81. The molecule has 0 amide bonds. The first-order valence-electron chi connectivity index (χ1n) is 8.58. The van der Waals surface area contributed by atoms with Crippen LogP contribution in [0, 0.1) is 6.92 Å². The highest BCUT2D eigenvalue weighted by molar-refractivity contribution is 6.32. The molecule has 0 fully saturated rings. The van der Waals surface area contributed by atoms with Gasteiger partial charge in [0.1, 0.15) is 27.8 Å². The van der Waals surface area contributed by atoms with Crippen molar-refractivity contribution in [3.05, 3.63) is 57.2 Å². The quantitative estimate of drug-likeness (QED) is 0.465. The minimum absolute atomic E-state index is 0.00660. The van der Waals surface area contributed by atoms with E-state index in [1.807, 2.05) is 0 Å². The van der Waals surface area contributed by atoms with Gasteiger partial charge in [-0.05, 0) is 36.8 Å². The third-order valence-electron chi connectivity index (χ3n) is 4.51. The lowest BCUT2D eigenvalue weighted by Gasteiger charge is -2.08. The molecule has 0 aliphatic carbocycles. The van der Waals surface area contributed by atoms with Gasteiger partial charge in [-0.3, -0.25) is 5.10 Å². The van der Waals surface area contributed by atoms with Crippen molar-refractivity contribution in [1.82, 2.24) is 35.2 Å². The number of aryl methyl sites for hydroxylation is 1. The summed E-state index contributed by atoms with van der Waals surface area (Å²) in [7, 11) is 0. The fraction of sp³-hybridized carbons (Fsp3) is 0.111. The predicted molar refractivity (Wildman–Crippen MR) is 103 cm³/mol. The van der Waals surface area contributed by atoms with Gasteiger partial charge in [-0.25, -0.2) is 28.2 Å². The van der Waals surface area contributed by atoms with Crippen LogP contribution in [0.4, 0.5) is 8.78 Å². The number of benzene rings is 1. The highest BCUT2D eigenvalue weighted by atomic mass is 35.5. The minimum atomic E-state index is -2.86. The number of alkyl halides is 2. The Morgan fingerprint density at radius 2 is 2.13 bits per heavy atom. The number of nitrogens with zero attached hydrogens (tertiary/aromatic N) is 6. The fourth-order valence-electron chi connectivity index (χ4n) is 3.18. The topological polar surface area (TPSA) is 115 Å². The monoisotopic (exact) mass is 429 g/mol. The maximum Gasteiger partial charge on any atom is 0.349 e. The van der Waals surface area contributed by atoms with Gasteiger partial charge in [0.2, 0.25) is 5.89 Å². The normalized spacial score (nSPS) is 11.8. The van der Waals surface area contributed by atoms with E-state index >= 15 is 0 Å². The molecule has 1 aromatic carbocycles. The first-order valence-corrected chi connectivity index (χ1v) is 8.96. The van der Waals surface area contributed by atoms with Gasteiger partial charge < -0.3 is 4.42 Å². The summed E-state index contributed by atoms with van der Waals surface area (Å²) >= 11 is 6.17. The van der Waals surface area contributed by atoms with Gasteiger partial charge in [0, 0.05) is 6.20 Å². The predicted octanol–water partition coefficient (Wildman–Crippen LogP) is 3.61. The Morgan fingerprint density at radius 3 is 2.90 bits per heavy atom. The first-order chi connectivity index (χ1) is 14.4. The number of pyridine rings is 1. The lowest BCUT2D eigenvalue weighted by Crippen LogP contribution is -2.08. The summed E-state index contributed by atoms with van der Waals surface area (Å²) in [5.74, 6) is -0.112. The van der Waals surface area contributed by atoms with E-state index < -0.39 is 17.7 Å². The standard InChI is InChI=1S/C18H10ClF2N7O2/c1-7-5-9-14(25-27-24-9)12-13(7)23-17(30-18(12)29)11-6-10(15(20)21)26-28(11)16-8(19)3-2-4-22-16/h2-6,15H,1H3,(H,24,25,27). The first kappa shape index (κ1) is 18.3. The van der Waals surface area contributed by atoms with Crippen LogP contribution in [0.1, 0.15) is 17.7 Å². The molecule has 1 N–H and O–H groups in total. The van der Waals surface area contributed by atoms with E-state index in [1.54, 1.807) is 19.1 Å². The van der Waals surface area contributed by atoms with E-state index in [2.05, 4.69) is 30.5 Å². The van der Waals surface area contributed by atoms with Crippen LogP contribution in [0.3, 0.4) is 0 Å². The molecule has 30 heavy (non-hydrogen) atoms. The number of aromatic nitrogens is 7. The van der Waals surface area contributed by atoms with E-state index in [0.29, 0.717) is 22.1 Å². The summed E-state index contributed by atoms with van der Waals surface area (Å²) in [6.45, 7) is 1.74. The Hall–Kier alpha value is -3.73. The Morgan fingerprint density at radius 1 is 1.30 bits per heavy atom. The average molecular weight is 430 g/mol. The number of hydrogen-bond acceptors (Lipinski definition) is 7. The Kier molecular flexibility index (Phi) is 4.07. The van der Waals surface area contributed by atoms with Gasteiger partial charge in [-0.1, -0.05) is 16.8 Å². The van der Waals surface area contributed by atoms with E-state index in [0.717, 1.165) is 10.7 Å². The average Bonchev–Trinajstić information content (AvgIpc) is 3.35. The Balaban J connectivity index is 1.82. The molecule has 0 unspecified atom stereocenters. The van der Waals surface area contributed by atoms with Crippen LogP contribution in [0.15, 0.2) is 39.7 Å². The van der Waals surface area contributed by atoms with Gasteiger partial charge in [-0.15, -0.1) is 5.10 Å². The van der Waals surface area contributed by atoms with Gasteiger partial charge in [0.05, 0.1) is 10.5 Å². The van der Waals surface area contributed by atoms with Crippen LogP contribution in [0.25, 0.3) is 39.3 Å². The SMILES string of the molecule is Cc1cc2nn[nH]c2c2c(=O)oc(-c3cc(C(F)F)nn3-c3ncccc3Cl)nc12. The number of rotatable bonds is 3. The lowest BCUT2D eigenvalue weighted by atomic mass is 10.1. The van der Waals surface area contributed by atoms with Crippen molar-refractivity contribution in [2.24, 2.45) is 0 Å². The molecular formula is C18H10ClF2N7O2. The molecule has 0 aliphatic rings. The molecule has 4 aromatic heterocycles. The summed E-state index contributed by atoms with van der Waals surface area (Å²) in [5.41, 5.74) is 0.543. The van der Waals surface area contributed by atoms with Gasteiger partial charge in [-0.2, -0.15) is 5.10 Å². The molecule has 4 heterocycles. The lowest BCUT2D eigenvalue weighted by molar-refractivity contribution is 0.145.